The summed E-state index contributed by atoms with van der Waals surface area (Å²) in [5.74, 6) is -0.241. The van der Waals surface area contributed by atoms with E-state index in [1.807, 2.05) is 37.5 Å². The highest BCUT2D eigenvalue weighted by atomic mass is 19.1. The minimum Gasteiger partial charge on any atom is -0.294 e. The van der Waals surface area contributed by atoms with E-state index < -0.39 is 0 Å². The SMILES string of the molecule is C[C@@H](c1ccccn1)N(C)Cc1cc(F)ccc1-n1cccn1. The smallest absolute Gasteiger partial charge is 0.123 e. The predicted octanol–water partition coefficient (Wildman–Crippen LogP) is 3.60. The Morgan fingerprint density at radius 2 is 2.04 bits per heavy atom. The van der Waals surface area contributed by atoms with Gasteiger partial charge in [0.15, 0.2) is 0 Å². The fourth-order valence-electron chi connectivity index (χ4n) is 2.57. The van der Waals surface area contributed by atoms with E-state index >= 15 is 0 Å². The molecule has 118 valence electrons. The van der Waals surface area contributed by atoms with E-state index in [-0.39, 0.29) is 11.9 Å². The molecule has 23 heavy (non-hydrogen) atoms. The third-order valence-electron chi connectivity index (χ3n) is 3.99. The van der Waals surface area contributed by atoms with Gasteiger partial charge in [-0.1, -0.05) is 6.07 Å². The van der Waals surface area contributed by atoms with Crippen molar-refractivity contribution in [3.05, 3.63) is 78.1 Å². The molecule has 0 aliphatic carbocycles. The van der Waals surface area contributed by atoms with Gasteiger partial charge in [-0.15, -0.1) is 0 Å². The number of aromatic nitrogens is 3. The summed E-state index contributed by atoms with van der Waals surface area (Å²) >= 11 is 0. The maximum absolute atomic E-state index is 13.7. The second-order valence-electron chi connectivity index (χ2n) is 5.57. The lowest BCUT2D eigenvalue weighted by atomic mass is 10.1. The summed E-state index contributed by atoms with van der Waals surface area (Å²) in [6, 6.07) is 12.7. The van der Waals surface area contributed by atoms with Gasteiger partial charge in [-0.05, 0) is 55.9 Å². The quantitative estimate of drug-likeness (QED) is 0.722. The summed E-state index contributed by atoms with van der Waals surface area (Å²) < 4.78 is 15.5. The number of benzene rings is 1. The Kier molecular flexibility index (Phi) is 4.48. The highest BCUT2D eigenvalue weighted by Crippen LogP contribution is 2.22. The number of nitrogens with zero attached hydrogens (tertiary/aromatic N) is 4. The molecule has 0 spiro atoms. The summed E-state index contributed by atoms with van der Waals surface area (Å²) in [4.78, 5) is 6.54. The lowest BCUT2D eigenvalue weighted by molar-refractivity contribution is 0.248. The number of hydrogen-bond acceptors (Lipinski definition) is 3. The van der Waals surface area contributed by atoms with Crippen molar-refractivity contribution in [2.45, 2.75) is 19.5 Å². The standard InChI is InChI=1S/C18H19FN4/c1-14(17-6-3-4-9-20-17)22(2)13-15-12-16(19)7-8-18(15)23-11-5-10-21-23/h3-12,14H,13H2,1-2H3/t14-/m0/s1. The lowest BCUT2D eigenvalue weighted by Crippen LogP contribution is -2.23. The highest BCUT2D eigenvalue weighted by Gasteiger charge is 2.15. The van der Waals surface area contributed by atoms with Crippen LogP contribution in [0, 0.1) is 5.82 Å². The van der Waals surface area contributed by atoms with Crippen molar-refractivity contribution >= 4 is 0 Å². The van der Waals surface area contributed by atoms with Crippen molar-refractivity contribution in [2.75, 3.05) is 7.05 Å². The molecular weight excluding hydrogens is 291 g/mol. The first-order valence-corrected chi connectivity index (χ1v) is 7.55. The van der Waals surface area contributed by atoms with E-state index in [0.29, 0.717) is 6.54 Å². The molecule has 1 aromatic carbocycles. The molecule has 0 radical (unpaired) electrons. The second kappa shape index (κ2) is 6.71. The van der Waals surface area contributed by atoms with Gasteiger partial charge in [-0.2, -0.15) is 5.10 Å². The second-order valence-corrected chi connectivity index (χ2v) is 5.57. The molecule has 0 bridgehead atoms. The van der Waals surface area contributed by atoms with Crippen LogP contribution in [0.1, 0.15) is 24.2 Å². The van der Waals surface area contributed by atoms with Crippen LogP contribution in [0.15, 0.2) is 61.1 Å². The summed E-state index contributed by atoms with van der Waals surface area (Å²) in [5.41, 5.74) is 2.77. The minimum atomic E-state index is -0.241. The Morgan fingerprint density at radius 1 is 1.17 bits per heavy atom. The van der Waals surface area contributed by atoms with Crippen LogP contribution >= 0.6 is 0 Å². The van der Waals surface area contributed by atoms with Gasteiger partial charge in [0, 0.05) is 31.2 Å². The van der Waals surface area contributed by atoms with E-state index in [9.17, 15) is 4.39 Å². The first-order valence-electron chi connectivity index (χ1n) is 7.55. The number of halogens is 1. The molecule has 1 atom stereocenters. The van der Waals surface area contributed by atoms with Gasteiger partial charge >= 0.3 is 0 Å². The van der Waals surface area contributed by atoms with Crippen LogP contribution in [-0.4, -0.2) is 26.7 Å². The minimum absolute atomic E-state index is 0.130. The summed E-state index contributed by atoms with van der Waals surface area (Å²) in [5, 5.41) is 4.25. The van der Waals surface area contributed by atoms with Crippen LogP contribution < -0.4 is 0 Å². The third kappa shape index (κ3) is 3.46. The number of rotatable bonds is 5. The van der Waals surface area contributed by atoms with E-state index in [2.05, 4.69) is 21.9 Å². The summed E-state index contributed by atoms with van der Waals surface area (Å²) in [7, 11) is 2.01. The molecule has 0 aliphatic rings. The Morgan fingerprint density at radius 3 is 2.74 bits per heavy atom. The Bertz CT molecular complexity index is 756. The van der Waals surface area contributed by atoms with Crippen LogP contribution in [0.25, 0.3) is 5.69 Å². The average Bonchev–Trinajstić information content (AvgIpc) is 3.09. The molecule has 0 fully saturated rings. The highest BCUT2D eigenvalue weighted by molar-refractivity contribution is 5.40. The molecule has 2 heterocycles. The fraction of sp³-hybridized carbons (Fsp3) is 0.222. The number of pyridine rings is 1. The molecule has 3 aromatic rings. The van der Waals surface area contributed by atoms with Crippen LogP contribution in [0.5, 0.6) is 0 Å². The molecule has 4 nitrogen and oxygen atoms in total. The zero-order chi connectivity index (χ0) is 16.2. The van der Waals surface area contributed by atoms with Gasteiger partial charge < -0.3 is 0 Å². The monoisotopic (exact) mass is 310 g/mol. The van der Waals surface area contributed by atoms with Gasteiger partial charge in [0.25, 0.3) is 0 Å². The Hall–Kier alpha value is -2.53. The molecule has 0 saturated carbocycles. The van der Waals surface area contributed by atoms with Crippen LogP contribution in [0.2, 0.25) is 0 Å². The normalized spacial score (nSPS) is 12.5. The zero-order valence-electron chi connectivity index (χ0n) is 13.2. The molecule has 3 rings (SSSR count). The lowest BCUT2D eigenvalue weighted by Gasteiger charge is -2.25. The maximum Gasteiger partial charge on any atom is 0.123 e. The Labute approximate surface area is 135 Å². The van der Waals surface area contributed by atoms with Crippen molar-refractivity contribution in [1.82, 2.24) is 19.7 Å². The van der Waals surface area contributed by atoms with Gasteiger partial charge in [-0.25, -0.2) is 9.07 Å². The van der Waals surface area contributed by atoms with Crippen LogP contribution in [0.3, 0.4) is 0 Å². The summed E-state index contributed by atoms with van der Waals surface area (Å²) in [6.45, 7) is 2.69. The average molecular weight is 310 g/mol. The van der Waals surface area contributed by atoms with Gasteiger partial charge in [0.05, 0.1) is 11.4 Å². The molecule has 0 amide bonds. The fourth-order valence-corrected chi connectivity index (χ4v) is 2.57. The first-order chi connectivity index (χ1) is 11.1. The van der Waals surface area contributed by atoms with Crippen molar-refractivity contribution < 1.29 is 4.39 Å². The molecule has 5 heteroatoms. The Balaban J connectivity index is 1.86. The van der Waals surface area contributed by atoms with E-state index in [4.69, 9.17) is 0 Å². The van der Waals surface area contributed by atoms with Gasteiger partial charge in [-0.3, -0.25) is 9.88 Å². The van der Waals surface area contributed by atoms with Crippen LogP contribution in [0.4, 0.5) is 4.39 Å². The topological polar surface area (TPSA) is 34.0 Å². The van der Waals surface area contributed by atoms with Crippen molar-refractivity contribution in [3.8, 4) is 5.69 Å². The molecular formula is C18H19FN4. The zero-order valence-corrected chi connectivity index (χ0v) is 13.2. The van der Waals surface area contributed by atoms with Crippen molar-refractivity contribution in [3.63, 3.8) is 0 Å². The van der Waals surface area contributed by atoms with Gasteiger partial charge in [0.2, 0.25) is 0 Å². The van der Waals surface area contributed by atoms with Gasteiger partial charge in [0.1, 0.15) is 5.82 Å². The molecule has 0 aliphatic heterocycles. The molecule has 2 aromatic heterocycles. The largest absolute Gasteiger partial charge is 0.294 e. The van der Waals surface area contributed by atoms with E-state index in [1.165, 1.54) is 6.07 Å². The first kappa shape index (κ1) is 15.4. The third-order valence-corrected chi connectivity index (χ3v) is 3.99. The van der Waals surface area contributed by atoms with E-state index in [1.54, 1.807) is 29.2 Å². The van der Waals surface area contributed by atoms with E-state index in [0.717, 1.165) is 16.9 Å². The van der Waals surface area contributed by atoms with Crippen molar-refractivity contribution in [1.29, 1.82) is 0 Å². The molecule has 0 saturated heterocycles. The molecule has 0 N–H and O–H groups in total. The predicted molar refractivity (Wildman–Crippen MR) is 87.6 cm³/mol. The number of hydrogen-bond donors (Lipinski definition) is 0. The van der Waals surface area contributed by atoms with Crippen molar-refractivity contribution in [2.24, 2.45) is 0 Å². The maximum atomic E-state index is 13.7. The molecule has 0 unspecified atom stereocenters. The van der Waals surface area contributed by atoms with Crippen LogP contribution in [-0.2, 0) is 6.54 Å². The summed E-state index contributed by atoms with van der Waals surface area (Å²) in [6.07, 6.45) is 5.36.